The van der Waals surface area contributed by atoms with Crippen LogP contribution in [-0.4, -0.2) is 49.6 Å². The van der Waals surface area contributed by atoms with E-state index in [4.69, 9.17) is 37.4 Å². The van der Waals surface area contributed by atoms with Gasteiger partial charge in [-0.05, 0) is 13.8 Å². The van der Waals surface area contributed by atoms with Crippen LogP contribution in [0.25, 0.3) is 0 Å². The Morgan fingerprint density at radius 1 is 1.42 bits per heavy atom. The summed E-state index contributed by atoms with van der Waals surface area (Å²) in [5.41, 5.74) is -0.228. The Morgan fingerprint density at radius 2 is 2.05 bits per heavy atom. The summed E-state index contributed by atoms with van der Waals surface area (Å²) in [6.07, 6.45) is -1.43. The Hall–Kier alpha value is -0.230. The number of carbonyl (C=O) groups is 1. The van der Waals surface area contributed by atoms with Crippen molar-refractivity contribution in [3.05, 3.63) is 0 Å². The fraction of sp³-hybridized carbons (Fsp3) is 0.917. The number of ether oxygens (including phenoxy) is 4. The molecular formula is C12H20Cl2O5. The Bertz CT molecular complexity index is 294. The van der Waals surface area contributed by atoms with Gasteiger partial charge in [-0.15, -0.1) is 11.6 Å². The van der Waals surface area contributed by atoms with Crippen LogP contribution >= 0.6 is 23.2 Å². The summed E-state index contributed by atoms with van der Waals surface area (Å²) < 4.78 is 20.4. The molecule has 1 saturated heterocycles. The van der Waals surface area contributed by atoms with Gasteiger partial charge in [0.25, 0.3) is 0 Å². The highest BCUT2D eigenvalue weighted by molar-refractivity contribution is 6.21. The number of hydrogen-bond acceptors (Lipinski definition) is 5. The van der Waals surface area contributed by atoms with Crippen LogP contribution in [0.1, 0.15) is 20.8 Å². The zero-order valence-corrected chi connectivity index (χ0v) is 12.9. The van der Waals surface area contributed by atoms with E-state index in [0.717, 1.165) is 0 Å². The molecule has 0 N–H and O–H groups in total. The Morgan fingerprint density at radius 3 is 2.47 bits per heavy atom. The second kappa shape index (κ2) is 7.53. The second-order valence-corrected chi connectivity index (χ2v) is 5.78. The Balaban J connectivity index is 2.59. The minimum atomic E-state index is -0.846. The van der Waals surface area contributed by atoms with E-state index >= 15 is 0 Å². The highest BCUT2D eigenvalue weighted by Gasteiger charge is 2.46. The molecule has 0 aromatic rings. The standard InChI is InChI=1S/C12H20Cl2O5/c1-8(2)17-4-9(19-11(15)18-7-13)10(14)12(3)5-16-6-12/h8-10H,4-7H2,1-3H3. The van der Waals surface area contributed by atoms with Gasteiger partial charge in [-0.1, -0.05) is 18.5 Å². The molecule has 2 unspecified atom stereocenters. The molecule has 0 bridgehead atoms. The van der Waals surface area contributed by atoms with E-state index in [1.807, 2.05) is 20.8 Å². The fourth-order valence-corrected chi connectivity index (χ4v) is 2.04. The van der Waals surface area contributed by atoms with Crippen LogP contribution in [0.2, 0.25) is 0 Å². The molecule has 1 rings (SSSR count). The van der Waals surface area contributed by atoms with Crippen molar-refractivity contribution in [1.29, 1.82) is 0 Å². The predicted molar refractivity (Wildman–Crippen MR) is 71.7 cm³/mol. The summed E-state index contributed by atoms with van der Waals surface area (Å²) >= 11 is 11.7. The number of rotatable bonds is 7. The van der Waals surface area contributed by atoms with Crippen molar-refractivity contribution in [1.82, 2.24) is 0 Å². The molecule has 7 heteroatoms. The average Bonchev–Trinajstić information content (AvgIpc) is 2.30. The Labute approximate surface area is 123 Å². The molecule has 19 heavy (non-hydrogen) atoms. The van der Waals surface area contributed by atoms with Gasteiger partial charge in [0, 0.05) is 5.41 Å². The molecule has 0 saturated carbocycles. The third-order valence-corrected chi connectivity index (χ3v) is 3.79. The van der Waals surface area contributed by atoms with Gasteiger partial charge in [-0.3, -0.25) is 0 Å². The van der Waals surface area contributed by atoms with Gasteiger partial charge in [0.05, 0.1) is 31.3 Å². The fourth-order valence-electron chi connectivity index (χ4n) is 1.70. The molecule has 1 aliphatic rings. The highest BCUT2D eigenvalue weighted by Crippen LogP contribution is 2.37. The topological polar surface area (TPSA) is 54.0 Å². The lowest BCUT2D eigenvalue weighted by Crippen LogP contribution is -2.53. The van der Waals surface area contributed by atoms with Crippen LogP contribution < -0.4 is 0 Å². The van der Waals surface area contributed by atoms with Crippen molar-refractivity contribution in [3.8, 4) is 0 Å². The molecule has 0 amide bonds. The van der Waals surface area contributed by atoms with Crippen LogP contribution in [0.5, 0.6) is 0 Å². The first kappa shape index (κ1) is 16.8. The number of alkyl halides is 2. The van der Waals surface area contributed by atoms with Crippen molar-refractivity contribution in [2.75, 3.05) is 25.9 Å². The van der Waals surface area contributed by atoms with Crippen molar-refractivity contribution >= 4 is 29.4 Å². The number of carbonyl (C=O) groups excluding carboxylic acids is 1. The average molecular weight is 315 g/mol. The molecule has 5 nitrogen and oxygen atoms in total. The van der Waals surface area contributed by atoms with Gasteiger partial charge >= 0.3 is 6.16 Å². The zero-order valence-electron chi connectivity index (χ0n) is 11.4. The summed E-state index contributed by atoms with van der Waals surface area (Å²) in [6.45, 7) is 7.04. The maximum atomic E-state index is 11.4. The number of halogens is 2. The largest absolute Gasteiger partial charge is 0.509 e. The molecule has 0 spiro atoms. The Kier molecular flexibility index (Phi) is 6.66. The summed E-state index contributed by atoms with van der Waals surface area (Å²) in [5, 5.41) is -0.414. The minimum Gasteiger partial charge on any atom is -0.427 e. The van der Waals surface area contributed by atoms with Gasteiger partial charge < -0.3 is 18.9 Å². The second-order valence-electron chi connectivity index (χ2n) is 5.09. The third kappa shape index (κ3) is 4.99. The van der Waals surface area contributed by atoms with Crippen molar-refractivity contribution < 1.29 is 23.7 Å². The van der Waals surface area contributed by atoms with Crippen molar-refractivity contribution in [3.63, 3.8) is 0 Å². The van der Waals surface area contributed by atoms with Gasteiger partial charge in [0.2, 0.25) is 0 Å². The first-order valence-electron chi connectivity index (χ1n) is 6.12. The molecule has 0 radical (unpaired) electrons. The third-order valence-electron chi connectivity index (χ3n) is 2.87. The maximum Gasteiger partial charge on any atom is 0.509 e. The smallest absolute Gasteiger partial charge is 0.427 e. The molecule has 112 valence electrons. The molecule has 1 fully saturated rings. The predicted octanol–water partition coefficient (Wildman–Crippen LogP) is 2.77. The van der Waals surface area contributed by atoms with Gasteiger partial charge in [-0.2, -0.15) is 0 Å². The van der Waals surface area contributed by atoms with E-state index < -0.39 is 17.6 Å². The van der Waals surface area contributed by atoms with Crippen molar-refractivity contribution in [2.24, 2.45) is 5.41 Å². The van der Waals surface area contributed by atoms with E-state index in [1.54, 1.807) is 0 Å². The minimum absolute atomic E-state index is 0.0180. The van der Waals surface area contributed by atoms with Crippen molar-refractivity contribution in [2.45, 2.75) is 38.4 Å². The van der Waals surface area contributed by atoms with E-state index in [9.17, 15) is 4.79 Å². The SMILES string of the molecule is CC(C)OCC(OC(=O)OCCl)C(Cl)C1(C)COC1. The van der Waals surface area contributed by atoms with Gasteiger partial charge in [-0.25, -0.2) is 4.79 Å². The van der Waals surface area contributed by atoms with E-state index in [1.165, 1.54) is 0 Å². The van der Waals surface area contributed by atoms with Crippen LogP contribution in [0, 0.1) is 5.41 Å². The van der Waals surface area contributed by atoms with Crippen LogP contribution in [0.4, 0.5) is 4.79 Å². The first-order chi connectivity index (χ1) is 8.89. The van der Waals surface area contributed by atoms with Crippen LogP contribution in [-0.2, 0) is 18.9 Å². The molecule has 1 heterocycles. The van der Waals surface area contributed by atoms with Crippen LogP contribution in [0.3, 0.4) is 0 Å². The zero-order chi connectivity index (χ0) is 14.5. The highest BCUT2D eigenvalue weighted by atomic mass is 35.5. The van der Waals surface area contributed by atoms with E-state index in [2.05, 4.69) is 4.74 Å². The lowest BCUT2D eigenvalue weighted by atomic mass is 9.82. The van der Waals surface area contributed by atoms with E-state index in [-0.39, 0.29) is 24.2 Å². The molecule has 0 aromatic carbocycles. The molecular weight excluding hydrogens is 295 g/mol. The summed E-state index contributed by atoms with van der Waals surface area (Å²) in [6, 6.07) is -0.260. The molecule has 0 aromatic heterocycles. The quantitative estimate of drug-likeness (QED) is 0.534. The van der Waals surface area contributed by atoms with Crippen LogP contribution in [0.15, 0.2) is 0 Å². The normalized spacial score (nSPS) is 20.5. The molecule has 0 aliphatic carbocycles. The lowest BCUT2D eigenvalue weighted by molar-refractivity contribution is -0.129. The summed E-state index contributed by atoms with van der Waals surface area (Å²) in [5.74, 6) is 0. The summed E-state index contributed by atoms with van der Waals surface area (Å²) in [7, 11) is 0. The lowest BCUT2D eigenvalue weighted by Gasteiger charge is -2.43. The molecule has 1 aliphatic heterocycles. The van der Waals surface area contributed by atoms with Gasteiger partial charge in [0.1, 0.15) is 6.10 Å². The van der Waals surface area contributed by atoms with Gasteiger partial charge in [0.15, 0.2) is 6.07 Å². The summed E-state index contributed by atoms with van der Waals surface area (Å²) in [4.78, 5) is 11.4. The maximum absolute atomic E-state index is 11.4. The number of hydrogen-bond donors (Lipinski definition) is 0. The van der Waals surface area contributed by atoms with E-state index in [0.29, 0.717) is 13.2 Å². The molecule has 2 atom stereocenters. The monoisotopic (exact) mass is 314 g/mol. The first-order valence-corrected chi connectivity index (χ1v) is 7.09.